The van der Waals surface area contributed by atoms with Crippen LogP contribution in [-0.4, -0.2) is 38.5 Å². The molecule has 2 aromatic rings. The summed E-state index contributed by atoms with van der Waals surface area (Å²) in [6.07, 6.45) is -2.90. The maximum atomic E-state index is 13.1. The summed E-state index contributed by atoms with van der Waals surface area (Å²) in [5.41, 5.74) is -2.50. The van der Waals surface area contributed by atoms with Crippen molar-refractivity contribution >= 4 is 11.9 Å². The highest BCUT2D eigenvalue weighted by Crippen LogP contribution is 2.33. The molecule has 1 heterocycles. The van der Waals surface area contributed by atoms with Gasteiger partial charge in [-0.25, -0.2) is 4.68 Å². The van der Waals surface area contributed by atoms with Gasteiger partial charge in [-0.15, -0.1) is 5.10 Å². The van der Waals surface area contributed by atoms with Crippen molar-refractivity contribution in [3.8, 4) is 5.69 Å². The maximum absolute atomic E-state index is 13.1. The van der Waals surface area contributed by atoms with Crippen molar-refractivity contribution in [2.75, 3.05) is 6.54 Å². The molecular formula is C17H19F3N4O3. The lowest BCUT2D eigenvalue weighted by Crippen LogP contribution is -2.42. The summed E-state index contributed by atoms with van der Waals surface area (Å²) in [4.78, 5) is 23.7. The monoisotopic (exact) mass is 384 g/mol. The first kappa shape index (κ1) is 20.4. The van der Waals surface area contributed by atoms with Crippen LogP contribution in [0.15, 0.2) is 30.5 Å². The van der Waals surface area contributed by atoms with Crippen LogP contribution in [0.3, 0.4) is 0 Å². The van der Waals surface area contributed by atoms with E-state index in [4.69, 9.17) is 0 Å². The molecule has 1 amide bonds. The van der Waals surface area contributed by atoms with Gasteiger partial charge in [-0.3, -0.25) is 9.59 Å². The van der Waals surface area contributed by atoms with E-state index in [2.05, 4.69) is 15.6 Å². The Morgan fingerprint density at radius 3 is 2.37 bits per heavy atom. The molecule has 0 aliphatic carbocycles. The molecule has 0 aliphatic rings. The Hall–Kier alpha value is -2.91. The Bertz CT molecular complexity index is 829. The van der Waals surface area contributed by atoms with Gasteiger partial charge in [-0.1, -0.05) is 31.2 Å². The average molecular weight is 384 g/mol. The zero-order valence-corrected chi connectivity index (χ0v) is 14.7. The number of aliphatic carboxylic acids is 1. The largest absolute Gasteiger partial charge is 0.481 e. The quantitative estimate of drug-likeness (QED) is 0.765. The number of hydrogen-bond acceptors (Lipinski definition) is 4. The van der Waals surface area contributed by atoms with Gasteiger partial charge in [0.15, 0.2) is 5.69 Å². The number of nitrogens with zero attached hydrogens (tertiary/aromatic N) is 3. The van der Waals surface area contributed by atoms with Crippen LogP contribution in [0, 0.1) is 5.41 Å². The number of benzene rings is 1. The number of carboxylic acids is 1. The summed E-state index contributed by atoms with van der Waals surface area (Å²) in [5.74, 6) is -1.74. The fraction of sp³-hybridized carbons (Fsp3) is 0.412. The molecule has 1 aromatic heterocycles. The molecule has 1 aromatic carbocycles. The summed E-state index contributed by atoms with van der Waals surface area (Å²) < 4.78 is 40.2. The number of carbonyl (C=O) groups excluding carboxylic acids is 1. The number of hydrogen-bond donors (Lipinski definition) is 2. The highest BCUT2D eigenvalue weighted by atomic mass is 19.4. The van der Waals surface area contributed by atoms with Crippen molar-refractivity contribution in [3.63, 3.8) is 0 Å². The number of para-hydroxylation sites is 1. The van der Waals surface area contributed by atoms with E-state index in [-0.39, 0.29) is 17.9 Å². The molecule has 10 heteroatoms. The molecule has 0 unspecified atom stereocenters. The third kappa shape index (κ3) is 4.26. The Kier molecular flexibility index (Phi) is 5.87. The molecule has 27 heavy (non-hydrogen) atoms. The molecule has 0 fully saturated rings. The zero-order chi connectivity index (χ0) is 20.2. The van der Waals surface area contributed by atoms with Gasteiger partial charge in [-0.2, -0.15) is 13.2 Å². The number of alkyl halides is 3. The second-order valence-corrected chi connectivity index (χ2v) is 6.04. The van der Waals surface area contributed by atoms with E-state index in [0.717, 1.165) is 16.9 Å². The van der Waals surface area contributed by atoms with Gasteiger partial charge in [0.1, 0.15) is 0 Å². The van der Waals surface area contributed by atoms with Gasteiger partial charge in [0, 0.05) is 6.54 Å². The maximum Gasteiger partial charge on any atom is 0.418 e. The predicted octanol–water partition coefficient (Wildman–Crippen LogP) is 2.91. The molecule has 0 saturated carbocycles. The van der Waals surface area contributed by atoms with Crippen molar-refractivity contribution in [1.82, 2.24) is 20.3 Å². The first-order valence-electron chi connectivity index (χ1n) is 8.25. The molecule has 0 aliphatic heterocycles. The van der Waals surface area contributed by atoms with Gasteiger partial charge in [0.2, 0.25) is 0 Å². The fourth-order valence-electron chi connectivity index (χ4n) is 2.62. The predicted molar refractivity (Wildman–Crippen MR) is 89.3 cm³/mol. The van der Waals surface area contributed by atoms with Crippen LogP contribution in [0.1, 0.15) is 42.7 Å². The van der Waals surface area contributed by atoms with E-state index in [1.54, 1.807) is 13.8 Å². The van der Waals surface area contributed by atoms with E-state index < -0.39 is 29.0 Å². The third-order valence-corrected chi connectivity index (χ3v) is 4.58. The molecule has 146 valence electrons. The van der Waals surface area contributed by atoms with Gasteiger partial charge in [0.05, 0.1) is 22.9 Å². The lowest BCUT2D eigenvalue weighted by molar-refractivity contribution is -0.149. The highest BCUT2D eigenvalue weighted by Gasteiger charge is 2.36. The Morgan fingerprint density at radius 1 is 1.19 bits per heavy atom. The standard InChI is InChI=1S/C17H19F3N4O3/c1-3-16(4-2,15(26)27)10-21-14(25)12-9-24(23-22-12)13-8-6-5-7-11(13)17(18,19)20/h5-9H,3-4,10H2,1-2H3,(H,21,25)(H,26,27). The van der Waals surface area contributed by atoms with E-state index in [9.17, 15) is 27.9 Å². The number of aromatic nitrogens is 3. The number of halogens is 3. The summed E-state index contributed by atoms with van der Waals surface area (Å²) in [5, 5.41) is 19.0. The molecule has 2 rings (SSSR count). The van der Waals surface area contributed by atoms with E-state index in [1.807, 2.05) is 0 Å². The molecule has 0 bridgehead atoms. The second-order valence-electron chi connectivity index (χ2n) is 6.04. The number of carboxylic acid groups (broad SMARTS) is 1. The molecule has 0 spiro atoms. The Labute approximate surface area is 153 Å². The summed E-state index contributed by atoms with van der Waals surface area (Å²) >= 11 is 0. The third-order valence-electron chi connectivity index (χ3n) is 4.58. The fourth-order valence-corrected chi connectivity index (χ4v) is 2.62. The Morgan fingerprint density at radius 2 is 1.81 bits per heavy atom. The van der Waals surface area contributed by atoms with Crippen LogP contribution >= 0.6 is 0 Å². The van der Waals surface area contributed by atoms with Crippen LogP contribution < -0.4 is 5.32 Å². The Balaban J connectivity index is 2.22. The molecule has 7 nitrogen and oxygen atoms in total. The van der Waals surface area contributed by atoms with Gasteiger partial charge in [-0.05, 0) is 25.0 Å². The lowest BCUT2D eigenvalue weighted by Gasteiger charge is -2.26. The van der Waals surface area contributed by atoms with Crippen LogP contribution in [-0.2, 0) is 11.0 Å². The second kappa shape index (κ2) is 7.77. The van der Waals surface area contributed by atoms with Gasteiger partial charge < -0.3 is 10.4 Å². The van der Waals surface area contributed by atoms with Gasteiger partial charge >= 0.3 is 12.1 Å². The van der Waals surface area contributed by atoms with E-state index in [0.29, 0.717) is 12.8 Å². The topological polar surface area (TPSA) is 97.1 Å². The lowest BCUT2D eigenvalue weighted by atomic mass is 9.82. The van der Waals surface area contributed by atoms with E-state index >= 15 is 0 Å². The molecule has 2 N–H and O–H groups in total. The minimum absolute atomic E-state index is 0.125. The number of amides is 1. The van der Waals surface area contributed by atoms with E-state index in [1.165, 1.54) is 18.2 Å². The first-order chi connectivity index (χ1) is 12.6. The summed E-state index contributed by atoms with van der Waals surface area (Å²) in [7, 11) is 0. The molecule has 0 atom stereocenters. The average Bonchev–Trinajstić information content (AvgIpc) is 3.12. The minimum Gasteiger partial charge on any atom is -0.481 e. The summed E-state index contributed by atoms with van der Waals surface area (Å²) in [6.45, 7) is 3.28. The zero-order valence-electron chi connectivity index (χ0n) is 14.7. The van der Waals surface area contributed by atoms with Gasteiger partial charge in [0.25, 0.3) is 5.91 Å². The highest BCUT2D eigenvalue weighted by molar-refractivity contribution is 5.92. The number of nitrogens with one attached hydrogen (secondary N) is 1. The van der Waals surface area contributed by atoms with Crippen molar-refractivity contribution in [3.05, 3.63) is 41.7 Å². The van der Waals surface area contributed by atoms with Crippen molar-refractivity contribution < 1.29 is 27.9 Å². The molecule has 0 saturated heterocycles. The first-order valence-corrected chi connectivity index (χ1v) is 8.25. The number of rotatable bonds is 7. The minimum atomic E-state index is -4.59. The van der Waals surface area contributed by atoms with Crippen LogP contribution in [0.5, 0.6) is 0 Å². The van der Waals surface area contributed by atoms with Crippen molar-refractivity contribution in [1.29, 1.82) is 0 Å². The normalized spacial score (nSPS) is 12.0. The van der Waals surface area contributed by atoms with Crippen LogP contribution in [0.4, 0.5) is 13.2 Å². The van der Waals surface area contributed by atoms with Crippen LogP contribution in [0.25, 0.3) is 5.69 Å². The molecular weight excluding hydrogens is 365 g/mol. The van der Waals surface area contributed by atoms with Crippen LogP contribution in [0.2, 0.25) is 0 Å². The van der Waals surface area contributed by atoms with Crippen molar-refractivity contribution in [2.45, 2.75) is 32.9 Å². The number of carbonyl (C=O) groups is 2. The van der Waals surface area contributed by atoms with Crippen molar-refractivity contribution in [2.24, 2.45) is 5.41 Å². The summed E-state index contributed by atoms with van der Waals surface area (Å²) in [6, 6.07) is 4.77. The SMILES string of the molecule is CCC(CC)(CNC(=O)c1cn(-c2ccccc2C(F)(F)F)nn1)C(=O)O. The molecule has 0 radical (unpaired) electrons. The smallest absolute Gasteiger partial charge is 0.418 e.